The highest BCUT2D eigenvalue weighted by Gasteiger charge is 2.27. The third kappa shape index (κ3) is 4.87. The molecule has 1 saturated heterocycles. The maximum Gasteiger partial charge on any atom is 0.255 e. The number of nitrogens with zero attached hydrogens (tertiary/aromatic N) is 1. The number of nitrogens with one attached hydrogen (secondary N) is 1. The average molecular weight is 441 g/mol. The van der Waals surface area contributed by atoms with Crippen LogP contribution in [-0.2, 0) is 10.0 Å². The molecule has 2 aromatic rings. The molecule has 3 rings (SSSR count). The fraction of sp³-hybridized carbons (Fsp3) is 0.350. The Bertz CT molecular complexity index is 962. The van der Waals surface area contributed by atoms with Crippen molar-refractivity contribution in [2.75, 3.05) is 19.6 Å². The van der Waals surface area contributed by atoms with Crippen LogP contribution in [0.25, 0.3) is 0 Å². The quantitative estimate of drug-likeness (QED) is 0.759. The van der Waals surface area contributed by atoms with E-state index in [-0.39, 0.29) is 28.3 Å². The second kappa shape index (κ2) is 8.82. The number of carbonyl (C=O) groups is 1. The minimum absolute atomic E-state index is 0.0379. The number of hydrogen-bond acceptors (Lipinski definition) is 3. The van der Waals surface area contributed by atoms with E-state index in [1.54, 1.807) is 47.4 Å². The number of carbonyl (C=O) groups excluding carboxylic acids is 1. The summed E-state index contributed by atoms with van der Waals surface area (Å²) in [5.74, 6) is -0.144. The lowest BCUT2D eigenvalue weighted by atomic mass is 9.97. The molecule has 150 valence electrons. The molecule has 1 N–H and O–H groups in total. The zero-order valence-electron chi connectivity index (χ0n) is 15.5. The van der Waals surface area contributed by atoms with E-state index in [1.165, 1.54) is 0 Å². The van der Waals surface area contributed by atoms with Crippen LogP contribution in [0.5, 0.6) is 0 Å². The number of halogens is 2. The third-order valence-electron chi connectivity index (χ3n) is 4.88. The fourth-order valence-corrected chi connectivity index (χ4v) is 4.78. The average Bonchev–Trinajstić information content (AvgIpc) is 2.69. The Morgan fingerprint density at radius 2 is 1.89 bits per heavy atom. The van der Waals surface area contributed by atoms with Gasteiger partial charge in [-0.15, -0.1) is 0 Å². The molecule has 28 heavy (non-hydrogen) atoms. The maximum absolute atomic E-state index is 12.8. The Morgan fingerprint density at radius 1 is 1.18 bits per heavy atom. The molecule has 1 heterocycles. The Labute approximate surface area is 175 Å². The molecule has 0 saturated carbocycles. The maximum atomic E-state index is 12.8. The van der Waals surface area contributed by atoms with Gasteiger partial charge in [-0.3, -0.25) is 4.79 Å². The van der Waals surface area contributed by atoms with Crippen molar-refractivity contribution in [3.05, 3.63) is 63.6 Å². The summed E-state index contributed by atoms with van der Waals surface area (Å²) in [4.78, 5) is 14.8. The van der Waals surface area contributed by atoms with Crippen molar-refractivity contribution in [3.63, 3.8) is 0 Å². The molecule has 8 heteroatoms. The molecule has 1 atom stereocenters. The van der Waals surface area contributed by atoms with Crippen molar-refractivity contribution >= 4 is 39.1 Å². The number of aryl methyl sites for hydroxylation is 1. The van der Waals surface area contributed by atoms with Crippen molar-refractivity contribution in [3.8, 4) is 0 Å². The van der Waals surface area contributed by atoms with Crippen LogP contribution in [-0.4, -0.2) is 38.9 Å². The minimum atomic E-state index is -3.57. The van der Waals surface area contributed by atoms with Gasteiger partial charge >= 0.3 is 0 Å². The van der Waals surface area contributed by atoms with Gasteiger partial charge in [-0.05, 0) is 49.9 Å². The molecule has 0 radical (unpaired) electrons. The summed E-state index contributed by atoms with van der Waals surface area (Å²) in [6.07, 6.45) is 1.66. The Hall–Kier alpha value is -1.60. The van der Waals surface area contributed by atoms with Crippen molar-refractivity contribution in [2.45, 2.75) is 24.7 Å². The van der Waals surface area contributed by atoms with E-state index in [4.69, 9.17) is 23.2 Å². The van der Waals surface area contributed by atoms with Crippen LogP contribution < -0.4 is 4.72 Å². The summed E-state index contributed by atoms with van der Waals surface area (Å²) in [5.41, 5.74) is 1.37. The SMILES string of the molecule is Cc1ccc(S(=O)(=O)NCC2CCCN(C(=O)c3cccc(Cl)c3Cl)C2)cc1. The highest BCUT2D eigenvalue weighted by atomic mass is 35.5. The van der Waals surface area contributed by atoms with Gasteiger partial charge in [0.05, 0.1) is 20.5 Å². The zero-order valence-corrected chi connectivity index (χ0v) is 17.8. The lowest BCUT2D eigenvalue weighted by Crippen LogP contribution is -2.43. The van der Waals surface area contributed by atoms with Crippen LogP contribution in [0.2, 0.25) is 10.0 Å². The Kier molecular flexibility index (Phi) is 6.65. The van der Waals surface area contributed by atoms with Gasteiger partial charge in [0.25, 0.3) is 5.91 Å². The Morgan fingerprint density at radius 3 is 2.61 bits per heavy atom. The van der Waals surface area contributed by atoms with Crippen LogP contribution in [0, 0.1) is 12.8 Å². The van der Waals surface area contributed by atoms with Crippen LogP contribution in [0.15, 0.2) is 47.4 Å². The minimum Gasteiger partial charge on any atom is -0.338 e. The normalized spacial score (nSPS) is 17.5. The van der Waals surface area contributed by atoms with Gasteiger partial charge < -0.3 is 4.90 Å². The standard InChI is InChI=1S/C20H22Cl2N2O3S/c1-14-7-9-16(10-8-14)28(26,27)23-12-15-4-3-11-24(13-15)20(25)17-5-2-6-18(21)19(17)22/h2,5-10,15,23H,3-4,11-13H2,1H3. The summed E-state index contributed by atoms with van der Waals surface area (Å²) < 4.78 is 27.6. The predicted octanol–water partition coefficient (Wildman–Crippen LogP) is 4.13. The topological polar surface area (TPSA) is 66.5 Å². The molecular formula is C20H22Cl2N2O3S. The smallest absolute Gasteiger partial charge is 0.255 e. The van der Waals surface area contributed by atoms with Gasteiger partial charge in [0.2, 0.25) is 10.0 Å². The first-order chi connectivity index (χ1) is 13.3. The van der Waals surface area contributed by atoms with E-state index in [9.17, 15) is 13.2 Å². The van der Waals surface area contributed by atoms with E-state index in [0.29, 0.717) is 23.7 Å². The second-order valence-corrected chi connectivity index (χ2v) is 9.58. The summed E-state index contributed by atoms with van der Waals surface area (Å²) >= 11 is 12.2. The van der Waals surface area contributed by atoms with Gasteiger partial charge in [0, 0.05) is 19.6 Å². The second-order valence-electron chi connectivity index (χ2n) is 7.03. The van der Waals surface area contributed by atoms with E-state index in [2.05, 4.69) is 4.72 Å². The van der Waals surface area contributed by atoms with Crippen molar-refractivity contribution in [1.82, 2.24) is 9.62 Å². The molecule has 2 aromatic carbocycles. The van der Waals surface area contributed by atoms with Gasteiger partial charge in [0.15, 0.2) is 0 Å². The number of piperidine rings is 1. The summed E-state index contributed by atoms with van der Waals surface area (Å²) in [6, 6.07) is 11.7. The first kappa shape index (κ1) is 21.1. The summed E-state index contributed by atoms with van der Waals surface area (Å²) in [6.45, 7) is 3.27. The monoisotopic (exact) mass is 440 g/mol. The van der Waals surface area contributed by atoms with E-state index >= 15 is 0 Å². The number of rotatable bonds is 5. The molecule has 0 bridgehead atoms. The first-order valence-electron chi connectivity index (χ1n) is 9.07. The Balaban J connectivity index is 1.64. The molecule has 0 aliphatic carbocycles. The molecule has 0 spiro atoms. The van der Waals surface area contributed by atoms with Crippen LogP contribution in [0.3, 0.4) is 0 Å². The van der Waals surface area contributed by atoms with Crippen LogP contribution in [0.1, 0.15) is 28.8 Å². The van der Waals surface area contributed by atoms with E-state index in [1.807, 2.05) is 6.92 Å². The third-order valence-corrected chi connectivity index (χ3v) is 7.14. The van der Waals surface area contributed by atoms with Crippen molar-refractivity contribution in [1.29, 1.82) is 0 Å². The fourth-order valence-electron chi connectivity index (χ4n) is 3.28. The van der Waals surface area contributed by atoms with Crippen LogP contribution >= 0.6 is 23.2 Å². The molecule has 1 unspecified atom stereocenters. The molecule has 1 amide bonds. The predicted molar refractivity (Wildman–Crippen MR) is 111 cm³/mol. The lowest BCUT2D eigenvalue weighted by molar-refractivity contribution is 0.0676. The summed E-state index contributed by atoms with van der Waals surface area (Å²) in [7, 11) is -3.57. The largest absolute Gasteiger partial charge is 0.338 e. The molecule has 1 fully saturated rings. The van der Waals surface area contributed by atoms with E-state index < -0.39 is 10.0 Å². The first-order valence-corrected chi connectivity index (χ1v) is 11.3. The highest BCUT2D eigenvalue weighted by molar-refractivity contribution is 7.89. The highest BCUT2D eigenvalue weighted by Crippen LogP contribution is 2.28. The molecule has 0 aromatic heterocycles. The van der Waals surface area contributed by atoms with E-state index in [0.717, 1.165) is 18.4 Å². The number of benzene rings is 2. The zero-order chi connectivity index (χ0) is 20.3. The number of likely N-dealkylation sites (tertiary alicyclic amines) is 1. The number of hydrogen-bond donors (Lipinski definition) is 1. The lowest BCUT2D eigenvalue weighted by Gasteiger charge is -2.33. The van der Waals surface area contributed by atoms with Gasteiger partial charge in [-0.2, -0.15) is 0 Å². The van der Waals surface area contributed by atoms with Crippen LogP contribution in [0.4, 0.5) is 0 Å². The van der Waals surface area contributed by atoms with Gasteiger partial charge in [0.1, 0.15) is 0 Å². The van der Waals surface area contributed by atoms with Crippen molar-refractivity contribution < 1.29 is 13.2 Å². The van der Waals surface area contributed by atoms with Crippen molar-refractivity contribution in [2.24, 2.45) is 5.92 Å². The number of amides is 1. The van der Waals surface area contributed by atoms with Gasteiger partial charge in [-0.1, -0.05) is 47.0 Å². The molecule has 5 nitrogen and oxygen atoms in total. The molecule has 1 aliphatic heterocycles. The molecule has 1 aliphatic rings. The number of sulfonamides is 1. The van der Waals surface area contributed by atoms with Gasteiger partial charge in [-0.25, -0.2) is 13.1 Å². The molecular weight excluding hydrogens is 419 g/mol. The summed E-state index contributed by atoms with van der Waals surface area (Å²) in [5, 5.41) is 0.586.